The summed E-state index contributed by atoms with van der Waals surface area (Å²) in [7, 11) is 0. The van der Waals surface area contributed by atoms with Crippen LogP contribution in [-0.2, 0) is 42.7 Å². The minimum atomic E-state index is -0.434. The molecule has 0 bridgehead atoms. The van der Waals surface area contributed by atoms with E-state index in [1.54, 1.807) is 0 Å². The first kappa shape index (κ1) is 59.7. The van der Waals surface area contributed by atoms with Crippen molar-refractivity contribution in [2.24, 2.45) is 0 Å². The molecule has 2 aromatic heterocycles. The maximum Gasteiger partial charge on any atom is 0.135 e. The van der Waals surface area contributed by atoms with Gasteiger partial charge in [-0.3, -0.25) is 0 Å². The summed E-state index contributed by atoms with van der Waals surface area (Å²) in [6.07, 6.45) is 1.95. The second-order valence-electron chi connectivity index (χ2n) is 27.1. The fourth-order valence-electron chi connectivity index (χ4n) is 12.4. The molecule has 0 fully saturated rings. The second-order valence-corrected chi connectivity index (χ2v) is 27.1. The van der Waals surface area contributed by atoms with Gasteiger partial charge in [0.2, 0.25) is 0 Å². The zero-order valence-corrected chi connectivity index (χ0v) is 54.6. The van der Waals surface area contributed by atoms with Crippen LogP contribution in [0.4, 0.5) is 22.7 Å². The molecule has 1 aliphatic rings. The number of rotatable bonds is 13. The Labute approximate surface area is 526 Å². The van der Waals surface area contributed by atoms with E-state index in [-0.39, 0.29) is 37.3 Å². The van der Waals surface area contributed by atoms with Crippen molar-refractivity contribution < 1.29 is 25.8 Å². The molecular formula is C80H79N4OPt-3. The predicted octanol–water partition coefficient (Wildman–Crippen LogP) is 21.8. The first-order valence-electron chi connectivity index (χ1n) is 30.3. The van der Waals surface area contributed by atoms with Gasteiger partial charge in [-0.25, -0.2) is 4.98 Å². The van der Waals surface area contributed by atoms with Gasteiger partial charge < -0.3 is 19.1 Å². The average Bonchev–Trinajstić information content (AvgIpc) is 1.65. The number of pyridine rings is 1. The molecule has 86 heavy (non-hydrogen) atoms. The van der Waals surface area contributed by atoms with Crippen LogP contribution in [0.3, 0.4) is 0 Å². The fraction of sp³-hybridized carbons (Fsp3) is 0.250. The molecule has 0 saturated heterocycles. The van der Waals surface area contributed by atoms with Crippen LogP contribution >= 0.6 is 0 Å². The summed E-state index contributed by atoms with van der Waals surface area (Å²) < 4.78 is 9.54. The van der Waals surface area contributed by atoms with Gasteiger partial charge in [0.25, 0.3) is 0 Å². The summed E-state index contributed by atoms with van der Waals surface area (Å²) in [5, 5.41) is 2.21. The molecule has 0 saturated carbocycles. The van der Waals surface area contributed by atoms with Crippen LogP contribution in [0.2, 0.25) is 0 Å². The van der Waals surface area contributed by atoms with E-state index in [9.17, 15) is 0 Å². The SMILES string of the molecule is CC(C)c1cccc(C(C)C)c1-c1ccc2c(c1)N(c1[c-]c(Oc3[c-]c4c(cc3)c3ccc(C(C)(C)C)cc3n4-c3cc(C(C)(C)c4ccccc4)ccn3)cc(C(C)(C)c3ccccc3)c1)[CH-]N2c1cc(-c2ccccc2)cc(C(C)(C)C)c1.[Pt]. The minimum absolute atomic E-state index is 0. The van der Waals surface area contributed by atoms with Crippen LogP contribution in [0, 0.1) is 18.8 Å². The molecule has 12 rings (SSSR count). The van der Waals surface area contributed by atoms with Crippen molar-refractivity contribution in [3.8, 4) is 39.6 Å². The summed E-state index contributed by atoms with van der Waals surface area (Å²) in [5.74, 6) is 2.66. The molecule has 11 aromatic rings. The maximum atomic E-state index is 7.25. The molecule has 0 amide bonds. The molecule has 9 aromatic carbocycles. The van der Waals surface area contributed by atoms with Crippen molar-refractivity contribution in [3.63, 3.8) is 0 Å². The van der Waals surface area contributed by atoms with E-state index in [2.05, 4.69) is 330 Å². The van der Waals surface area contributed by atoms with E-state index >= 15 is 0 Å². The van der Waals surface area contributed by atoms with Crippen molar-refractivity contribution in [2.75, 3.05) is 9.80 Å². The smallest absolute Gasteiger partial charge is 0.135 e. The largest absolute Gasteiger partial charge is 0.509 e. The van der Waals surface area contributed by atoms with E-state index < -0.39 is 5.41 Å². The van der Waals surface area contributed by atoms with Crippen molar-refractivity contribution in [3.05, 3.63) is 270 Å². The third-order valence-electron chi connectivity index (χ3n) is 17.8. The summed E-state index contributed by atoms with van der Waals surface area (Å²) in [4.78, 5) is 9.84. The van der Waals surface area contributed by atoms with Gasteiger partial charge in [0, 0.05) is 66.8 Å². The van der Waals surface area contributed by atoms with E-state index in [0.717, 1.165) is 55.9 Å². The first-order valence-corrected chi connectivity index (χ1v) is 30.3. The third-order valence-corrected chi connectivity index (χ3v) is 17.8. The number of benzene rings is 9. The van der Waals surface area contributed by atoms with Gasteiger partial charge in [-0.1, -0.05) is 236 Å². The van der Waals surface area contributed by atoms with E-state index in [4.69, 9.17) is 9.72 Å². The van der Waals surface area contributed by atoms with Gasteiger partial charge in [0.1, 0.15) is 5.82 Å². The molecule has 0 spiro atoms. The Morgan fingerprint density at radius 2 is 1.06 bits per heavy atom. The fourth-order valence-corrected chi connectivity index (χ4v) is 12.4. The van der Waals surface area contributed by atoms with Crippen molar-refractivity contribution in [1.82, 2.24) is 9.55 Å². The van der Waals surface area contributed by atoms with Gasteiger partial charge in [-0.05, 0) is 137 Å². The Hall–Kier alpha value is -7.98. The Kier molecular flexibility index (Phi) is 16.0. The zero-order chi connectivity index (χ0) is 59.7. The summed E-state index contributed by atoms with van der Waals surface area (Å²) in [6, 6.07) is 81.0. The van der Waals surface area contributed by atoms with E-state index in [1.165, 1.54) is 61.2 Å². The Morgan fingerprint density at radius 1 is 0.442 bits per heavy atom. The maximum absolute atomic E-state index is 7.25. The van der Waals surface area contributed by atoms with Crippen LogP contribution in [0.5, 0.6) is 11.5 Å². The molecule has 438 valence electrons. The molecule has 1 aliphatic heterocycles. The Bertz CT molecular complexity index is 4250. The van der Waals surface area contributed by atoms with Crippen molar-refractivity contribution >= 4 is 44.6 Å². The summed E-state index contributed by atoms with van der Waals surface area (Å²) >= 11 is 0. The van der Waals surface area contributed by atoms with Crippen molar-refractivity contribution in [2.45, 2.75) is 130 Å². The topological polar surface area (TPSA) is 33.5 Å². The molecular weight excluding hydrogens is 1230 g/mol. The summed E-state index contributed by atoms with van der Waals surface area (Å²) in [5.41, 5.74) is 19.9. The predicted molar refractivity (Wildman–Crippen MR) is 358 cm³/mol. The van der Waals surface area contributed by atoms with E-state index in [0.29, 0.717) is 23.3 Å². The minimum Gasteiger partial charge on any atom is -0.509 e. The van der Waals surface area contributed by atoms with Gasteiger partial charge in [0.05, 0.1) is 0 Å². The first-order chi connectivity index (χ1) is 40.5. The molecule has 0 unspecified atom stereocenters. The molecule has 0 aliphatic carbocycles. The Balaban J connectivity index is 0.00000768. The van der Waals surface area contributed by atoms with Crippen molar-refractivity contribution in [1.29, 1.82) is 0 Å². The monoisotopic (exact) mass is 1310 g/mol. The average molecular weight is 1310 g/mol. The molecule has 0 N–H and O–H groups in total. The third kappa shape index (κ3) is 11.2. The zero-order valence-electron chi connectivity index (χ0n) is 52.4. The normalized spacial score (nSPS) is 13.0. The Morgan fingerprint density at radius 3 is 1.69 bits per heavy atom. The number of ether oxygens (including phenoxy) is 1. The van der Waals surface area contributed by atoms with Gasteiger partial charge in [0.15, 0.2) is 0 Å². The van der Waals surface area contributed by atoms with Gasteiger partial charge in [-0.15, -0.1) is 53.6 Å². The van der Waals surface area contributed by atoms with Crippen LogP contribution in [0.1, 0.15) is 153 Å². The number of anilines is 4. The number of hydrogen-bond donors (Lipinski definition) is 0. The second kappa shape index (κ2) is 23.0. The van der Waals surface area contributed by atoms with Gasteiger partial charge in [-0.2, -0.15) is 6.07 Å². The van der Waals surface area contributed by atoms with Crippen LogP contribution in [-0.4, -0.2) is 9.55 Å². The molecule has 6 heteroatoms. The van der Waals surface area contributed by atoms with Crippen LogP contribution < -0.4 is 14.5 Å². The number of hydrogen-bond acceptors (Lipinski definition) is 4. The molecule has 0 atom stereocenters. The molecule has 5 nitrogen and oxygen atoms in total. The number of nitrogens with zero attached hydrogens (tertiary/aromatic N) is 4. The van der Waals surface area contributed by atoms with E-state index in [1.807, 2.05) is 6.20 Å². The van der Waals surface area contributed by atoms with Crippen LogP contribution in [0.25, 0.3) is 49.9 Å². The standard InChI is InChI=1S/C80H79N4O.Pt/c1-52(2)67-31-24-32-68(53(3)4)76(67)55-33-38-71-74(43-55)83(51-82(71)63-42-56(54-25-18-15-19-26-54)41-61(44-63)78(8,9)10)64-45-62(80(13,14)58-29-22-17-23-30-58)46-66(49-64)85-65-35-37-70-69-36-34-59(77(5,6)7)47-72(69)84(73(70)50-65)75-48-60(39-40-81-75)79(11,12)57-27-20-16-21-28-57;/h15-48,51-53H,1-14H3;/q-3;. The quantitative estimate of drug-likeness (QED) is 0.108. The number of aromatic nitrogens is 2. The molecule has 3 heterocycles. The van der Waals surface area contributed by atoms with Gasteiger partial charge >= 0.3 is 0 Å². The molecule has 0 radical (unpaired) electrons. The summed E-state index contributed by atoms with van der Waals surface area (Å²) in [6.45, 7) is 34.4. The van der Waals surface area contributed by atoms with Crippen LogP contribution in [0.15, 0.2) is 206 Å². The number of fused-ring (bicyclic) bond motifs is 4.